The van der Waals surface area contributed by atoms with Crippen LogP contribution >= 0.6 is 0 Å². The van der Waals surface area contributed by atoms with Crippen LogP contribution in [-0.4, -0.2) is 8.32 Å². The summed E-state index contributed by atoms with van der Waals surface area (Å²) in [7, 11) is -1.66. The van der Waals surface area contributed by atoms with Crippen molar-refractivity contribution in [3.05, 3.63) is 29.3 Å². The zero-order valence-corrected chi connectivity index (χ0v) is 12.9. The van der Waals surface area contributed by atoms with Gasteiger partial charge < -0.3 is 10.2 Å². The standard InChI is InChI=1S/C14H25NOSi/c1-11-7-12(9-13(15)8-11)10-16-17(5,6)14(2,3)4/h7-9H,10,15H2,1-6H3. The molecule has 1 rings (SSSR count). The van der Waals surface area contributed by atoms with Gasteiger partial charge in [0.05, 0.1) is 6.61 Å². The van der Waals surface area contributed by atoms with Crippen molar-refractivity contribution in [3.63, 3.8) is 0 Å². The summed E-state index contributed by atoms with van der Waals surface area (Å²) in [5, 5.41) is 0.252. The molecule has 0 radical (unpaired) electrons. The molecule has 0 atom stereocenters. The highest BCUT2D eigenvalue weighted by Gasteiger charge is 2.36. The number of benzene rings is 1. The Morgan fingerprint density at radius 1 is 1.18 bits per heavy atom. The monoisotopic (exact) mass is 251 g/mol. The second-order valence-electron chi connectivity index (χ2n) is 6.30. The first-order chi connectivity index (χ1) is 7.62. The fourth-order valence-corrected chi connectivity index (χ4v) is 2.42. The zero-order valence-electron chi connectivity index (χ0n) is 11.9. The highest BCUT2D eigenvalue weighted by Crippen LogP contribution is 2.37. The van der Waals surface area contributed by atoms with Gasteiger partial charge in [0.2, 0.25) is 0 Å². The van der Waals surface area contributed by atoms with Gasteiger partial charge in [-0.1, -0.05) is 26.8 Å². The highest BCUT2D eigenvalue weighted by molar-refractivity contribution is 6.74. The molecular formula is C14H25NOSi. The van der Waals surface area contributed by atoms with Crippen LogP contribution < -0.4 is 5.73 Å². The minimum absolute atomic E-state index is 0.252. The molecular weight excluding hydrogens is 226 g/mol. The van der Waals surface area contributed by atoms with Crippen molar-refractivity contribution in [3.8, 4) is 0 Å². The van der Waals surface area contributed by atoms with Crippen LogP contribution in [-0.2, 0) is 11.0 Å². The summed E-state index contributed by atoms with van der Waals surface area (Å²) >= 11 is 0. The van der Waals surface area contributed by atoms with Gasteiger partial charge in [-0.25, -0.2) is 0 Å². The topological polar surface area (TPSA) is 35.2 Å². The smallest absolute Gasteiger partial charge is 0.192 e. The van der Waals surface area contributed by atoms with E-state index in [1.807, 2.05) is 12.1 Å². The second-order valence-corrected chi connectivity index (χ2v) is 11.1. The quantitative estimate of drug-likeness (QED) is 0.648. The van der Waals surface area contributed by atoms with Gasteiger partial charge in [0.1, 0.15) is 0 Å². The Bertz CT molecular complexity index is 373. The van der Waals surface area contributed by atoms with Crippen LogP contribution in [0.25, 0.3) is 0 Å². The zero-order chi connectivity index (χ0) is 13.3. The summed E-state index contributed by atoms with van der Waals surface area (Å²) in [4.78, 5) is 0. The largest absolute Gasteiger partial charge is 0.413 e. The van der Waals surface area contributed by atoms with Gasteiger partial charge in [0, 0.05) is 5.69 Å². The van der Waals surface area contributed by atoms with Gasteiger partial charge in [-0.15, -0.1) is 0 Å². The van der Waals surface area contributed by atoms with E-state index in [0.717, 1.165) is 5.69 Å². The Kier molecular flexibility index (Phi) is 4.05. The Morgan fingerprint density at radius 2 is 1.76 bits per heavy atom. The van der Waals surface area contributed by atoms with Gasteiger partial charge >= 0.3 is 0 Å². The molecule has 1 aromatic carbocycles. The first-order valence-electron chi connectivity index (χ1n) is 6.12. The van der Waals surface area contributed by atoms with Crippen molar-refractivity contribution in [2.45, 2.75) is 52.4 Å². The molecule has 1 aromatic rings. The van der Waals surface area contributed by atoms with E-state index < -0.39 is 8.32 Å². The van der Waals surface area contributed by atoms with Crippen LogP contribution in [0, 0.1) is 6.92 Å². The molecule has 2 nitrogen and oxygen atoms in total. The van der Waals surface area contributed by atoms with Crippen LogP contribution in [0.4, 0.5) is 5.69 Å². The molecule has 0 amide bonds. The maximum Gasteiger partial charge on any atom is 0.192 e. The maximum atomic E-state index is 6.17. The maximum absolute atomic E-state index is 6.17. The predicted octanol–water partition coefficient (Wildman–Crippen LogP) is 4.10. The van der Waals surface area contributed by atoms with Gasteiger partial charge in [-0.05, 0) is 48.3 Å². The third-order valence-corrected chi connectivity index (χ3v) is 8.04. The normalized spacial score (nSPS) is 12.8. The van der Waals surface area contributed by atoms with Gasteiger partial charge in [0.25, 0.3) is 0 Å². The summed E-state index contributed by atoms with van der Waals surface area (Å²) in [6, 6.07) is 6.12. The average Bonchev–Trinajstić information content (AvgIpc) is 2.11. The van der Waals surface area contributed by atoms with E-state index in [9.17, 15) is 0 Å². The molecule has 0 bridgehead atoms. The van der Waals surface area contributed by atoms with Crippen molar-refractivity contribution in [1.82, 2.24) is 0 Å². The van der Waals surface area contributed by atoms with Crippen LogP contribution in [0.2, 0.25) is 18.1 Å². The SMILES string of the molecule is Cc1cc(N)cc(CO[Si](C)(C)C(C)(C)C)c1. The Morgan fingerprint density at radius 3 is 2.24 bits per heavy atom. The molecule has 0 saturated heterocycles. The minimum Gasteiger partial charge on any atom is -0.413 e. The fraction of sp³-hybridized carbons (Fsp3) is 0.571. The Balaban J connectivity index is 2.74. The molecule has 2 N–H and O–H groups in total. The van der Waals surface area contributed by atoms with E-state index >= 15 is 0 Å². The lowest BCUT2D eigenvalue weighted by Gasteiger charge is -2.36. The fourth-order valence-electron chi connectivity index (χ4n) is 1.46. The van der Waals surface area contributed by atoms with E-state index in [1.165, 1.54) is 11.1 Å². The van der Waals surface area contributed by atoms with Gasteiger partial charge in [-0.3, -0.25) is 0 Å². The first-order valence-corrected chi connectivity index (χ1v) is 9.03. The molecule has 0 aliphatic rings. The summed E-state index contributed by atoms with van der Waals surface area (Å²) in [5.41, 5.74) is 9.03. The van der Waals surface area contributed by atoms with Crippen molar-refractivity contribution in [2.24, 2.45) is 0 Å². The third-order valence-electron chi connectivity index (χ3n) is 3.57. The van der Waals surface area contributed by atoms with E-state index in [1.54, 1.807) is 0 Å². The van der Waals surface area contributed by atoms with E-state index in [2.05, 4.69) is 46.9 Å². The molecule has 0 unspecified atom stereocenters. The van der Waals surface area contributed by atoms with Crippen molar-refractivity contribution in [2.75, 3.05) is 5.73 Å². The number of anilines is 1. The van der Waals surface area contributed by atoms with Crippen LogP contribution in [0.15, 0.2) is 18.2 Å². The Labute approximate surface area is 106 Å². The van der Waals surface area contributed by atoms with E-state index in [0.29, 0.717) is 6.61 Å². The molecule has 0 fully saturated rings. The van der Waals surface area contributed by atoms with Crippen molar-refractivity contribution >= 4 is 14.0 Å². The lowest BCUT2D eigenvalue weighted by Crippen LogP contribution is -2.40. The lowest BCUT2D eigenvalue weighted by molar-refractivity contribution is 0.276. The average molecular weight is 251 g/mol. The van der Waals surface area contributed by atoms with Crippen LogP contribution in [0.1, 0.15) is 31.9 Å². The minimum atomic E-state index is -1.66. The summed E-state index contributed by atoms with van der Waals surface area (Å²) in [6.07, 6.45) is 0. The van der Waals surface area contributed by atoms with Gasteiger partial charge in [0.15, 0.2) is 8.32 Å². The number of nitrogens with two attached hydrogens (primary N) is 1. The molecule has 0 aliphatic carbocycles. The van der Waals surface area contributed by atoms with Crippen LogP contribution in [0.5, 0.6) is 0 Å². The highest BCUT2D eigenvalue weighted by atomic mass is 28.4. The lowest BCUT2D eigenvalue weighted by atomic mass is 10.1. The third kappa shape index (κ3) is 3.86. The molecule has 0 spiro atoms. The summed E-state index contributed by atoms with van der Waals surface area (Å²) in [6.45, 7) is 14.0. The van der Waals surface area contributed by atoms with Crippen molar-refractivity contribution in [1.29, 1.82) is 0 Å². The van der Waals surface area contributed by atoms with E-state index in [-0.39, 0.29) is 5.04 Å². The van der Waals surface area contributed by atoms with E-state index in [4.69, 9.17) is 10.2 Å². The molecule has 0 aromatic heterocycles. The number of nitrogen functional groups attached to an aromatic ring is 1. The molecule has 0 saturated carbocycles. The second kappa shape index (κ2) is 4.82. The number of hydrogen-bond acceptors (Lipinski definition) is 2. The Hall–Kier alpha value is -0.803. The summed E-state index contributed by atoms with van der Waals surface area (Å²) < 4.78 is 6.17. The molecule has 0 aliphatic heterocycles. The number of hydrogen-bond donors (Lipinski definition) is 1. The predicted molar refractivity (Wildman–Crippen MR) is 77.6 cm³/mol. The number of aryl methyl sites for hydroxylation is 1. The molecule has 96 valence electrons. The van der Waals surface area contributed by atoms with Crippen molar-refractivity contribution < 1.29 is 4.43 Å². The number of rotatable bonds is 3. The molecule has 0 heterocycles. The van der Waals surface area contributed by atoms with Crippen LogP contribution in [0.3, 0.4) is 0 Å². The molecule has 3 heteroatoms. The molecule has 17 heavy (non-hydrogen) atoms. The summed E-state index contributed by atoms with van der Waals surface area (Å²) in [5.74, 6) is 0. The first kappa shape index (κ1) is 14.3. The van der Waals surface area contributed by atoms with Gasteiger partial charge in [-0.2, -0.15) is 0 Å².